The van der Waals surface area contributed by atoms with E-state index in [1.54, 1.807) is 20.0 Å². The van der Waals surface area contributed by atoms with Gasteiger partial charge in [0.1, 0.15) is 0 Å². The third-order valence-electron chi connectivity index (χ3n) is 2.96. The predicted octanol–water partition coefficient (Wildman–Crippen LogP) is 2.12. The van der Waals surface area contributed by atoms with Crippen molar-refractivity contribution < 1.29 is 19.0 Å². The number of benzene rings is 1. The van der Waals surface area contributed by atoms with Gasteiger partial charge in [-0.1, -0.05) is 6.07 Å². The molecule has 1 atom stereocenters. The third-order valence-corrected chi connectivity index (χ3v) is 2.96. The molecular weight excluding hydrogens is 249 g/mol. The maximum Gasteiger partial charge on any atom is 0.260 e. The highest BCUT2D eigenvalue weighted by Crippen LogP contribution is 2.21. The van der Waals surface area contributed by atoms with Crippen LogP contribution in [0.1, 0.15) is 32.4 Å². The monoisotopic (exact) mass is 269 g/mol. The average Bonchev–Trinajstić information content (AvgIpc) is 2.35. The number of ether oxygens (including phenoxy) is 1. The summed E-state index contributed by atoms with van der Waals surface area (Å²) in [6.07, 6.45) is -0.739. The van der Waals surface area contributed by atoms with Crippen LogP contribution >= 0.6 is 0 Å². The average molecular weight is 269 g/mol. The first-order valence-electron chi connectivity index (χ1n) is 6.19. The second-order valence-electron chi connectivity index (χ2n) is 4.75. The standard InChI is InChI=1S/C14H20FNO3/c1-9(2)16(4)14(18)8-19-13-6-5-11(10(3)17)7-12(13)15/h5-7,9-10,17H,8H2,1-4H3/t10-/m0/s1. The molecule has 0 saturated heterocycles. The number of nitrogens with zero attached hydrogens (tertiary/aromatic N) is 1. The molecule has 1 N–H and O–H groups in total. The lowest BCUT2D eigenvalue weighted by Crippen LogP contribution is -2.36. The lowest BCUT2D eigenvalue weighted by Gasteiger charge is -2.21. The summed E-state index contributed by atoms with van der Waals surface area (Å²) in [5.74, 6) is -0.790. The molecule has 5 heteroatoms. The van der Waals surface area contributed by atoms with Gasteiger partial charge in [-0.15, -0.1) is 0 Å². The summed E-state index contributed by atoms with van der Waals surface area (Å²) in [5, 5.41) is 9.32. The Balaban J connectivity index is 2.66. The van der Waals surface area contributed by atoms with Gasteiger partial charge in [-0.25, -0.2) is 4.39 Å². The Morgan fingerprint density at radius 2 is 2.05 bits per heavy atom. The lowest BCUT2D eigenvalue weighted by molar-refractivity contribution is -0.133. The number of aliphatic hydroxyl groups is 1. The minimum absolute atomic E-state index is 0.00917. The predicted molar refractivity (Wildman–Crippen MR) is 70.4 cm³/mol. The summed E-state index contributed by atoms with van der Waals surface area (Å²) in [7, 11) is 1.67. The maximum absolute atomic E-state index is 13.7. The fourth-order valence-corrected chi connectivity index (χ4v) is 1.42. The van der Waals surface area contributed by atoms with E-state index in [4.69, 9.17) is 4.74 Å². The third kappa shape index (κ3) is 4.21. The molecule has 0 aliphatic carbocycles. The second-order valence-corrected chi connectivity index (χ2v) is 4.75. The van der Waals surface area contributed by atoms with Gasteiger partial charge in [0.15, 0.2) is 18.2 Å². The molecule has 0 fully saturated rings. The smallest absolute Gasteiger partial charge is 0.260 e. The van der Waals surface area contributed by atoms with Gasteiger partial charge < -0.3 is 14.7 Å². The van der Waals surface area contributed by atoms with Gasteiger partial charge in [0.25, 0.3) is 5.91 Å². The van der Waals surface area contributed by atoms with E-state index in [1.807, 2.05) is 13.8 Å². The van der Waals surface area contributed by atoms with Gasteiger partial charge >= 0.3 is 0 Å². The van der Waals surface area contributed by atoms with Gasteiger partial charge in [-0.2, -0.15) is 0 Å². The maximum atomic E-state index is 13.7. The molecule has 0 heterocycles. The van der Waals surface area contributed by atoms with Crippen LogP contribution in [0.25, 0.3) is 0 Å². The molecule has 0 aliphatic rings. The molecule has 0 unspecified atom stereocenters. The number of rotatable bonds is 5. The van der Waals surface area contributed by atoms with Gasteiger partial charge in [0, 0.05) is 13.1 Å². The van der Waals surface area contributed by atoms with Crippen molar-refractivity contribution in [3.05, 3.63) is 29.6 Å². The van der Waals surface area contributed by atoms with Crippen LogP contribution in [0.4, 0.5) is 4.39 Å². The highest BCUT2D eigenvalue weighted by atomic mass is 19.1. The quantitative estimate of drug-likeness (QED) is 0.890. The van der Waals surface area contributed by atoms with Crippen molar-refractivity contribution in [2.24, 2.45) is 0 Å². The summed E-state index contributed by atoms with van der Waals surface area (Å²) >= 11 is 0. The minimum atomic E-state index is -0.739. The highest BCUT2D eigenvalue weighted by Gasteiger charge is 2.14. The van der Waals surface area contributed by atoms with Crippen LogP contribution in [0.15, 0.2) is 18.2 Å². The van der Waals surface area contributed by atoms with Gasteiger partial charge in [0.2, 0.25) is 0 Å². The zero-order chi connectivity index (χ0) is 14.6. The first-order chi connectivity index (χ1) is 8.82. The number of carbonyl (C=O) groups excluding carboxylic acids is 1. The highest BCUT2D eigenvalue weighted by molar-refractivity contribution is 5.77. The largest absolute Gasteiger partial charge is 0.481 e. The van der Waals surface area contributed by atoms with Gasteiger partial charge in [0.05, 0.1) is 6.10 Å². The molecule has 1 aromatic rings. The Bertz CT molecular complexity index is 446. The van der Waals surface area contributed by atoms with Gasteiger partial charge in [-0.05, 0) is 38.5 Å². The lowest BCUT2D eigenvalue weighted by atomic mass is 10.1. The van der Waals surface area contributed by atoms with E-state index in [1.165, 1.54) is 17.0 Å². The van der Waals surface area contributed by atoms with Crippen LogP contribution < -0.4 is 4.74 Å². The number of amides is 1. The van der Waals surface area contributed by atoms with Crippen LogP contribution in [0.5, 0.6) is 5.75 Å². The number of hydrogen-bond donors (Lipinski definition) is 1. The van der Waals surface area contributed by atoms with Crippen molar-refractivity contribution in [3.8, 4) is 5.75 Å². The van der Waals surface area contributed by atoms with Crippen molar-refractivity contribution in [3.63, 3.8) is 0 Å². The molecule has 1 aromatic carbocycles. The van der Waals surface area contributed by atoms with Crippen LogP contribution in [0, 0.1) is 5.82 Å². The number of likely N-dealkylation sites (N-methyl/N-ethyl adjacent to an activating group) is 1. The number of carbonyl (C=O) groups is 1. The number of aliphatic hydroxyl groups excluding tert-OH is 1. The summed E-state index contributed by atoms with van der Waals surface area (Å²) in [6, 6.07) is 4.26. The minimum Gasteiger partial charge on any atom is -0.481 e. The molecule has 1 rings (SSSR count). The molecular formula is C14H20FNO3. The first-order valence-corrected chi connectivity index (χ1v) is 6.19. The zero-order valence-corrected chi connectivity index (χ0v) is 11.7. The van der Waals surface area contributed by atoms with Crippen molar-refractivity contribution in [2.45, 2.75) is 32.9 Å². The Morgan fingerprint density at radius 3 is 2.53 bits per heavy atom. The van der Waals surface area contributed by atoms with E-state index < -0.39 is 11.9 Å². The molecule has 0 aliphatic heterocycles. The van der Waals surface area contributed by atoms with Crippen molar-refractivity contribution >= 4 is 5.91 Å². The molecule has 4 nitrogen and oxygen atoms in total. The fraction of sp³-hybridized carbons (Fsp3) is 0.500. The number of hydrogen-bond acceptors (Lipinski definition) is 3. The molecule has 1 amide bonds. The Labute approximate surface area is 112 Å². The van der Waals surface area contributed by atoms with Gasteiger partial charge in [-0.3, -0.25) is 4.79 Å². The van der Waals surface area contributed by atoms with E-state index in [-0.39, 0.29) is 24.3 Å². The van der Waals surface area contributed by atoms with E-state index in [0.29, 0.717) is 5.56 Å². The second kappa shape index (κ2) is 6.52. The van der Waals surface area contributed by atoms with Crippen LogP contribution in [0.2, 0.25) is 0 Å². The first kappa shape index (κ1) is 15.4. The van der Waals surface area contributed by atoms with E-state index in [9.17, 15) is 14.3 Å². The Kier molecular flexibility index (Phi) is 5.30. The molecule has 0 bridgehead atoms. The Hall–Kier alpha value is -1.62. The fourth-order valence-electron chi connectivity index (χ4n) is 1.42. The summed E-state index contributed by atoms with van der Waals surface area (Å²) < 4.78 is 18.8. The summed E-state index contributed by atoms with van der Waals surface area (Å²) in [5.41, 5.74) is 0.468. The zero-order valence-electron chi connectivity index (χ0n) is 11.7. The SMILES string of the molecule is CC(C)N(C)C(=O)COc1ccc([C@H](C)O)cc1F. The van der Waals surface area contributed by atoms with Crippen LogP contribution in [-0.4, -0.2) is 35.6 Å². The van der Waals surface area contributed by atoms with Crippen molar-refractivity contribution in [2.75, 3.05) is 13.7 Å². The van der Waals surface area contributed by atoms with E-state index in [0.717, 1.165) is 0 Å². The van der Waals surface area contributed by atoms with Crippen LogP contribution in [0.3, 0.4) is 0 Å². The van der Waals surface area contributed by atoms with Crippen molar-refractivity contribution in [1.82, 2.24) is 4.90 Å². The molecule has 19 heavy (non-hydrogen) atoms. The normalized spacial score (nSPS) is 12.4. The van der Waals surface area contributed by atoms with Crippen LogP contribution in [-0.2, 0) is 4.79 Å². The van der Waals surface area contributed by atoms with E-state index >= 15 is 0 Å². The summed E-state index contributed by atoms with van der Waals surface area (Å²) in [4.78, 5) is 13.2. The molecule has 0 aromatic heterocycles. The summed E-state index contributed by atoms with van der Waals surface area (Å²) in [6.45, 7) is 5.11. The molecule has 106 valence electrons. The Morgan fingerprint density at radius 1 is 1.42 bits per heavy atom. The topological polar surface area (TPSA) is 49.8 Å². The van der Waals surface area contributed by atoms with E-state index in [2.05, 4.69) is 0 Å². The molecule has 0 spiro atoms. The van der Waals surface area contributed by atoms with Crippen molar-refractivity contribution in [1.29, 1.82) is 0 Å². The molecule has 0 radical (unpaired) electrons. The number of halogens is 1. The molecule has 0 saturated carbocycles.